The average molecular weight is 437 g/mol. The number of hydrogen-bond donors (Lipinski definition) is 1. The van der Waals surface area contributed by atoms with E-state index in [0.717, 1.165) is 32.0 Å². The fraction of sp³-hybridized carbons (Fsp3) is 0.733. The minimum Gasteiger partial charge on any atom is -0.356 e. The monoisotopic (exact) mass is 437 g/mol. The van der Waals surface area contributed by atoms with Crippen LogP contribution in [0.15, 0.2) is 17.4 Å². The molecular formula is C15H28IN5S. The Kier molecular flexibility index (Phi) is 8.59. The summed E-state index contributed by atoms with van der Waals surface area (Å²) in [5.41, 5.74) is 1.26. The van der Waals surface area contributed by atoms with Gasteiger partial charge in [-0.05, 0) is 17.9 Å². The maximum Gasteiger partial charge on any atom is 0.193 e. The third-order valence-electron chi connectivity index (χ3n) is 3.80. The topological polar surface area (TPSA) is 45.5 Å². The molecule has 1 fully saturated rings. The molecule has 2 rings (SSSR count). The summed E-state index contributed by atoms with van der Waals surface area (Å²) in [4.78, 5) is 6.84. The Morgan fingerprint density at radius 3 is 2.91 bits per heavy atom. The van der Waals surface area contributed by atoms with Gasteiger partial charge in [0, 0.05) is 50.9 Å². The summed E-state index contributed by atoms with van der Waals surface area (Å²) in [6.07, 6.45) is 4.97. The van der Waals surface area contributed by atoms with Crippen LogP contribution in [-0.2, 0) is 13.5 Å². The molecule has 126 valence electrons. The van der Waals surface area contributed by atoms with Gasteiger partial charge in [-0.25, -0.2) is 0 Å². The van der Waals surface area contributed by atoms with Gasteiger partial charge in [0.05, 0.1) is 6.20 Å². The summed E-state index contributed by atoms with van der Waals surface area (Å²) in [6, 6.07) is 0. The van der Waals surface area contributed by atoms with Crippen molar-refractivity contribution in [2.45, 2.75) is 25.5 Å². The van der Waals surface area contributed by atoms with Crippen LogP contribution in [0.2, 0.25) is 0 Å². The van der Waals surface area contributed by atoms with E-state index in [2.05, 4.69) is 52.1 Å². The van der Waals surface area contributed by atoms with Gasteiger partial charge in [-0.1, -0.05) is 13.8 Å². The van der Waals surface area contributed by atoms with Gasteiger partial charge in [0.25, 0.3) is 0 Å². The third kappa shape index (κ3) is 5.64. The molecule has 0 aliphatic carbocycles. The highest BCUT2D eigenvalue weighted by Crippen LogP contribution is 2.24. The lowest BCUT2D eigenvalue weighted by Crippen LogP contribution is -2.49. The van der Waals surface area contributed by atoms with Crippen molar-refractivity contribution in [2.24, 2.45) is 18.0 Å². The van der Waals surface area contributed by atoms with Crippen molar-refractivity contribution < 1.29 is 0 Å². The van der Waals surface area contributed by atoms with Crippen LogP contribution in [0, 0.1) is 5.92 Å². The summed E-state index contributed by atoms with van der Waals surface area (Å²) in [6.45, 7) is 7.68. The fourth-order valence-corrected chi connectivity index (χ4v) is 3.82. The first-order valence-electron chi connectivity index (χ1n) is 7.65. The van der Waals surface area contributed by atoms with E-state index in [1.54, 1.807) is 0 Å². The zero-order valence-corrected chi connectivity index (χ0v) is 17.1. The lowest BCUT2D eigenvalue weighted by atomic mass is 10.1. The van der Waals surface area contributed by atoms with Gasteiger partial charge in [0.2, 0.25) is 0 Å². The van der Waals surface area contributed by atoms with Crippen LogP contribution >= 0.6 is 35.7 Å². The second-order valence-corrected chi connectivity index (χ2v) is 7.19. The van der Waals surface area contributed by atoms with E-state index in [0.29, 0.717) is 11.2 Å². The molecule has 22 heavy (non-hydrogen) atoms. The first-order valence-corrected chi connectivity index (χ1v) is 8.69. The van der Waals surface area contributed by atoms with Gasteiger partial charge < -0.3 is 10.2 Å². The molecule has 1 aromatic heterocycles. The van der Waals surface area contributed by atoms with Crippen LogP contribution in [0.5, 0.6) is 0 Å². The number of hydrogen-bond acceptors (Lipinski definition) is 3. The van der Waals surface area contributed by atoms with Crippen molar-refractivity contribution in [1.29, 1.82) is 0 Å². The van der Waals surface area contributed by atoms with E-state index in [4.69, 9.17) is 0 Å². The Hall–Kier alpha value is -0.440. The molecule has 1 unspecified atom stereocenters. The first kappa shape index (κ1) is 19.6. The second-order valence-electron chi connectivity index (χ2n) is 5.85. The molecule has 1 aliphatic heterocycles. The maximum atomic E-state index is 4.44. The number of aliphatic imine (C=N–C) groups is 1. The van der Waals surface area contributed by atoms with E-state index >= 15 is 0 Å². The van der Waals surface area contributed by atoms with Crippen molar-refractivity contribution >= 4 is 41.7 Å². The Morgan fingerprint density at radius 1 is 1.55 bits per heavy atom. The zero-order valence-electron chi connectivity index (χ0n) is 14.0. The predicted molar refractivity (Wildman–Crippen MR) is 106 cm³/mol. The number of aryl methyl sites for hydroxylation is 1. The van der Waals surface area contributed by atoms with Crippen molar-refractivity contribution in [3.05, 3.63) is 18.0 Å². The summed E-state index contributed by atoms with van der Waals surface area (Å²) in [5, 5.41) is 8.39. The molecule has 1 N–H and O–H groups in total. The van der Waals surface area contributed by atoms with E-state index in [-0.39, 0.29) is 24.0 Å². The Labute approximate surface area is 155 Å². The standard InChI is InChI=1S/C15H27N5S.HI/c1-12(2)14-11-20(7-8-21-14)15(16-3)17-6-5-13-9-18-19(4)10-13;/h9-10,12,14H,5-8,11H2,1-4H3,(H,16,17);1H. The first-order chi connectivity index (χ1) is 10.1. The number of guanidine groups is 1. The molecule has 0 spiro atoms. The summed E-state index contributed by atoms with van der Waals surface area (Å²) >= 11 is 2.09. The van der Waals surface area contributed by atoms with Gasteiger partial charge >= 0.3 is 0 Å². The molecule has 1 aliphatic rings. The lowest BCUT2D eigenvalue weighted by Gasteiger charge is -2.36. The quantitative estimate of drug-likeness (QED) is 0.446. The smallest absolute Gasteiger partial charge is 0.193 e. The normalized spacial score (nSPS) is 19.2. The fourth-order valence-electron chi connectivity index (χ4n) is 2.52. The van der Waals surface area contributed by atoms with E-state index < -0.39 is 0 Å². The third-order valence-corrected chi connectivity index (χ3v) is 5.34. The van der Waals surface area contributed by atoms with Crippen LogP contribution in [0.4, 0.5) is 0 Å². The zero-order chi connectivity index (χ0) is 15.2. The van der Waals surface area contributed by atoms with Gasteiger partial charge in [-0.3, -0.25) is 9.67 Å². The highest BCUT2D eigenvalue weighted by Gasteiger charge is 2.24. The minimum atomic E-state index is 0. The van der Waals surface area contributed by atoms with Crippen LogP contribution in [-0.4, -0.2) is 58.3 Å². The second kappa shape index (κ2) is 9.64. The molecule has 1 atom stereocenters. The summed E-state index contributed by atoms with van der Waals surface area (Å²) < 4.78 is 1.85. The Morgan fingerprint density at radius 2 is 2.32 bits per heavy atom. The molecule has 1 saturated heterocycles. The van der Waals surface area contributed by atoms with Crippen LogP contribution < -0.4 is 5.32 Å². The number of nitrogens with zero attached hydrogens (tertiary/aromatic N) is 4. The highest BCUT2D eigenvalue weighted by molar-refractivity contribution is 14.0. The van der Waals surface area contributed by atoms with Crippen LogP contribution in [0.1, 0.15) is 19.4 Å². The van der Waals surface area contributed by atoms with Gasteiger partial charge in [0.15, 0.2) is 5.96 Å². The van der Waals surface area contributed by atoms with Crippen molar-refractivity contribution in [1.82, 2.24) is 20.0 Å². The molecule has 0 amide bonds. The molecule has 0 bridgehead atoms. The molecule has 1 aromatic rings. The molecule has 0 aromatic carbocycles. The molecule has 2 heterocycles. The van der Waals surface area contributed by atoms with E-state index in [1.165, 1.54) is 11.3 Å². The van der Waals surface area contributed by atoms with Gasteiger partial charge in [-0.15, -0.1) is 24.0 Å². The number of rotatable bonds is 4. The molecule has 7 heteroatoms. The summed E-state index contributed by atoms with van der Waals surface area (Å²) in [7, 11) is 3.83. The molecule has 0 radical (unpaired) electrons. The minimum absolute atomic E-state index is 0. The SMILES string of the molecule is CN=C(NCCc1cnn(C)c1)N1CCSC(C(C)C)C1.I. The molecular weight excluding hydrogens is 409 g/mol. The van der Waals surface area contributed by atoms with Crippen molar-refractivity contribution in [3.63, 3.8) is 0 Å². The summed E-state index contributed by atoms with van der Waals surface area (Å²) in [5.74, 6) is 2.93. The predicted octanol–water partition coefficient (Wildman–Crippen LogP) is 2.23. The van der Waals surface area contributed by atoms with Gasteiger partial charge in [-0.2, -0.15) is 16.9 Å². The number of thioether (sulfide) groups is 1. The van der Waals surface area contributed by atoms with Crippen molar-refractivity contribution in [3.8, 4) is 0 Å². The Bertz CT molecular complexity index is 474. The Balaban J connectivity index is 0.00000242. The van der Waals surface area contributed by atoms with E-state index in [1.807, 2.05) is 25.0 Å². The largest absolute Gasteiger partial charge is 0.356 e. The lowest BCUT2D eigenvalue weighted by molar-refractivity contribution is 0.381. The van der Waals surface area contributed by atoms with Crippen LogP contribution in [0.3, 0.4) is 0 Å². The van der Waals surface area contributed by atoms with Crippen molar-refractivity contribution in [2.75, 3.05) is 32.4 Å². The number of nitrogens with one attached hydrogen (secondary N) is 1. The number of aromatic nitrogens is 2. The number of halogens is 1. The van der Waals surface area contributed by atoms with Crippen LogP contribution in [0.25, 0.3) is 0 Å². The average Bonchev–Trinajstić information content (AvgIpc) is 2.89. The highest BCUT2D eigenvalue weighted by atomic mass is 127. The maximum absolute atomic E-state index is 4.44. The molecule has 0 saturated carbocycles. The van der Waals surface area contributed by atoms with E-state index in [9.17, 15) is 0 Å². The van der Waals surface area contributed by atoms with Gasteiger partial charge in [0.1, 0.15) is 0 Å². The molecule has 5 nitrogen and oxygen atoms in total.